The number of nitrogens with zero attached hydrogens (tertiary/aromatic N) is 3. The van der Waals surface area contributed by atoms with Gasteiger partial charge in [-0.2, -0.15) is 0 Å². The van der Waals surface area contributed by atoms with Crippen molar-refractivity contribution in [1.29, 1.82) is 0 Å². The predicted molar refractivity (Wildman–Crippen MR) is 125 cm³/mol. The van der Waals surface area contributed by atoms with E-state index in [0.29, 0.717) is 11.0 Å². The monoisotopic (exact) mass is 429 g/mol. The number of nitrogen functional groups attached to an aromatic ring is 1. The Balaban J connectivity index is 1.62. The number of thioether (sulfide) groups is 1. The molecule has 1 unspecified atom stereocenters. The van der Waals surface area contributed by atoms with Crippen LogP contribution >= 0.6 is 11.8 Å². The van der Waals surface area contributed by atoms with Crippen LogP contribution in [0.4, 0.5) is 5.69 Å². The standard InChI is InChI=1S/C24H23N5OS/c1-16-8-12-19(13-9-16)22-27-28-24(29(22)25)31-21(18-6-4-3-5-7-18)23(30)26-20-14-10-17(2)11-15-20/h3-15,21H,25H2,1-2H3,(H,26,30). The number of rotatable bonds is 6. The van der Waals surface area contributed by atoms with E-state index in [-0.39, 0.29) is 5.91 Å². The molecule has 156 valence electrons. The van der Waals surface area contributed by atoms with Crippen molar-refractivity contribution in [3.05, 3.63) is 95.6 Å². The number of aryl methyl sites for hydroxylation is 2. The minimum absolute atomic E-state index is 0.153. The van der Waals surface area contributed by atoms with Crippen LogP contribution < -0.4 is 11.2 Å². The zero-order chi connectivity index (χ0) is 21.8. The fourth-order valence-electron chi connectivity index (χ4n) is 3.11. The van der Waals surface area contributed by atoms with E-state index in [1.165, 1.54) is 16.4 Å². The summed E-state index contributed by atoms with van der Waals surface area (Å²) in [5, 5.41) is 11.4. The number of anilines is 1. The lowest BCUT2D eigenvalue weighted by atomic mass is 10.1. The SMILES string of the molecule is Cc1ccc(NC(=O)C(Sc2nnc(-c3ccc(C)cc3)n2N)c2ccccc2)cc1. The summed E-state index contributed by atoms with van der Waals surface area (Å²) in [6.07, 6.45) is 0. The Morgan fingerprint density at radius 2 is 1.52 bits per heavy atom. The lowest BCUT2D eigenvalue weighted by Gasteiger charge is -2.16. The third-order valence-electron chi connectivity index (χ3n) is 4.86. The maximum Gasteiger partial charge on any atom is 0.242 e. The van der Waals surface area contributed by atoms with E-state index in [1.54, 1.807) is 0 Å². The molecule has 0 fully saturated rings. The molecule has 4 rings (SSSR count). The topological polar surface area (TPSA) is 85.8 Å². The Morgan fingerprint density at radius 1 is 0.903 bits per heavy atom. The Hall–Kier alpha value is -3.58. The Morgan fingerprint density at radius 3 is 2.16 bits per heavy atom. The molecule has 1 atom stereocenters. The fourth-order valence-corrected chi connectivity index (χ4v) is 4.07. The molecule has 4 aromatic rings. The smallest absolute Gasteiger partial charge is 0.242 e. The molecule has 0 aliphatic rings. The molecule has 0 aliphatic heterocycles. The molecule has 31 heavy (non-hydrogen) atoms. The summed E-state index contributed by atoms with van der Waals surface area (Å²) < 4.78 is 1.43. The summed E-state index contributed by atoms with van der Waals surface area (Å²) >= 11 is 1.27. The summed E-state index contributed by atoms with van der Waals surface area (Å²) in [7, 11) is 0. The van der Waals surface area contributed by atoms with Crippen LogP contribution in [0.1, 0.15) is 21.9 Å². The van der Waals surface area contributed by atoms with Crippen LogP contribution in [-0.4, -0.2) is 20.8 Å². The number of hydrogen-bond donors (Lipinski definition) is 2. The first-order valence-corrected chi connectivity index (χ1v) is 10.8. The van der Waals surface area contributed by atoms with Crippen molar-refractivity contribution in [2.24, 2.45) is 0 Å². The average Bonchev–Trinajstić information content (AvgIpc) is 3.15. The van der Waals surface area contributed by atoms with Crippen molar-refractivity contribution < 1.29 is 4.79 Å². The number of nitrogens with one attached hydrogen (secondary N) is 1. The number of hydrogen-bond acceptors (Lipinski definition) is 5. The van der Waals surface area contributed by atoms with Crippen LogP contribution in [0.3, 0.4) is 0 Å². The number of aromatic nitrogens is 3. The first-order chi connectivity index (χ1) is 15.0. The molecule has 1 heterocycles. The average molecular weight is 430 g/mol. The quantitative estimate of drug-likeness (QED) is 0.341. The molecule has 0 spiro atoms. The van der Waals surface area contributed by atoms with Crippen molar-refractivity contribution in [3.63, 3.8) is 0 Å². The molecule has 0 saturated heterocycles. The van der Waals surface area contributed by atoms with Gasteiger partial charge < -0.3 is 11.2 Å². The predicted octanol–water partition coefficient (Wildman–Crippen LogP) is 4.75. The molecule has 0 radical (unpaired) electrons. The largest absolute Gasteiger partial charge is 0.335 e. The van der Waals surface area contributed by atoms with Gasteiger partial charge >= 0.3 is 0 Å². The molecule has 1 aromatic heterocycles. The Kier molecular flexibility index (Phi) is 6.04. The minimum Gasteiger partial charge on any atom is -0.335 e. The second-order valence-electron chi connectivity index (χ2n) is 7.31. The zero-order valence-corrected chi connectivity index (χ0v) is 18.1. The van der Waals surface area contributed by atoms with Gasteiger partial charge in [-0.25, -0.2) is 4.68 Å². The Labute approximate surface area is 185 Å². The number of carbonyl (C=O) groups is 1. The second-order valence-corrected chi connectivity index (χ2v) is 8.38. The van der Waals surface area contributed by atoms with Crippen molar-refractivity contribution in [3.8, 4) is 11.4 Å². The molecule has 3 aromatic carbocycles. The van der Waals surface area contributed by atoms with Gasteiger partial charge in [0.1, 0.15) is 5.25 Å². The molecule has 6 nitrogen and oxygen atoms in total. The Bertz CT molecular complexity index is 1170. The van der Waals surface area contributed by atoms with Crippen LogP contribution in [-0.2, 0) is 4.79 Å². The number of carbonyl (C=O) groups excluding carboxylic acids is 1. The van der Waals surface area contributed by atoms with Gasteiger partial charge in [-0.05, 0) is 31.5 Å². The summed E-state index contributed by atoms with van der Waals surface area (Å²) in [5.41, 5.74) is 4.75. The van der Waals surface area contributed by atoms with E-state index in [1.807, 2.05) is 92.7 Å². The summed E-state index contributed by atoms with van der Waals surface area (Å²) in [5.74, 6) is 6.70. The maximum absolute atomic E-state index is 13.2. The van der Waals surface area contributed by atoms with E-state index >= 15 is 0 Å². The molecular formula is C24H23N5OS. The minimum atomic E-state index is -0.542. The van der Waals surface area contributed by atoms with Crippen LogP contribution in [0.15, 0.2) is 84.0 Å². The lowest BCUT2D eigenvalue weighted by Crippen LogP contribution is -2.20. The van der Waals surface area contributed by atoms with E-state index in [0.717, 1.165) is 27.9 Å². The van der Waals surface area contributed by atoms with Gasteiger partial charge in [-0.1, -0.05) is 89.6 Å². The van der Waals surface area contributed by atoms with Gasteiger partial charge in [0.15, 0.2) is 5.82 Å². The van der Waals surface area contributed by atoms with Gasteiger partial charge in [0.2, 0.25) is 11.1 Å². The number of nitrogens with two attached hydrogens (primary N) is 1. The number of amides is 1. The highest BCUT2D eigenvalue weighted by atomic mass is 32.2. The van der Waals surface area contributed by atoms with Gasteiger partial charge in [-0.15, -0.1) is 10.2 Å². The van der Waals surface area contributed by atoms with Crippen LogP contribution in [0.5, 0.6) is 0 Å². The first kappa shape index (κ1) is 20.7. The van der Waals surface area contributed by atoms with Crippen molar-refractivity contribution in [1.82, 2.24) is 14.9 Å². The molecule has 0 bridgehead atoms. The van der Waals surface area contributed by atoms with Crippen molar-refractivity contribution in [2.75, 3.05) is 11.2 Å². The highest BCUT2D eigenvalue weighted by molar-refractivity contribution is 8.00. The zero-order valence-electron chi connectivity index (χ0n) is 17.3. The van der Waals surface area contributed by atoms with Crippen LogP contribution in [0.2, 0.25) is 0 Å². The van der Waals surface area contributed by atoms with Gasteiger partial charge in [0.25, 0.3) is 0 Å². The second kappa shape index (κ2) is 9.06. The van der Waals surface area contributed by atoms with E-state index in [2.05, 4.69) is 15.5 Å². The molecule has 0 saturated carbocycles. The van der Waals surface area contributed by atoms with Crippen LogP contribution in [0, 0.1) is 13.8 Å². The molecule has 1 amide bonds. The molecule has 7 heteroatoms. The van der Waals surface area contributed by atoms with E-state index in [4.69, 9.17) is 5.84 Å². The van der Waals surface area contributed by atoms with Gasteiger partial charge in [-0.3, -0.25) is 4.79 Å². The summed E-state index contributed by atoms with van der Waals surface area (Å²) in [6.45, 7) is 4.03. The van der Waals surface area contributed by atoms with E-state index in [9.17, 15) is 4.79 Å². The fraction of sp³-hybridized carbons (Fsp3) is 0.125. The van der Waals surface area contributed by atoms with Gasteiger partial charge in [0.05, 0.1) is 0 Å². The molecular weight excluding hydrogens is 406 g/mol. The summed E-state index contributed by atoms with van der Waals surface area (Å²) in [4.78, 5) is 13.2. The van der Waals surface area contributed by atoms with Crippen molar-refractivity contribution >= 4 is 23.4 Å². The highest BCUT2D eigenvalue weighted by Gasteiger charge is 2.25. The summed E-state index contributed by atoms with van der Waals surface area (Å²) in [6, 6.07) is 25.2. The van der Waals surface area contributed by atoms with Crippen LogP contribution in [0.25, 0.3) is 11.4 Å². The van der Waals surface area contributed by atoms with Crippen molar-refractivity contribution in [2.45, 2.75) is 24.3 Å². The van der Waals surface area contributed by atoms with E-state index < -0.39 is 5.25 Å². The third kappa shape index (κ3) is 4.78. The highest BCUT2D eigenvalue weighted by Crippen LogP contribution is 2.36. The van der Waals surface area contributed by atoms with Gasteiger partial charge in [0, 0.05) is 11.3 Å². The molecule has 0 aliphatic carbocycles. The number of benzene rings is 3. The first-order valence-electron chi connectivity index (χ1n) is 9.88. The third-order valence-corrected chi connectivity index (χ3v) is 6.07. The normalized spacial score (nSPS) is 11.8. The maximum atomic E-state index is 13.2. The lowest BCUT2D eigenvalue weighted by molar-refractivity contribution is -0.115. The molecule has 3 N–H and O–H groups in total.